The molecule has 1 unspecified atom stereocenters. The Balaban J connectivity index is 1.97. The van der Waals surface area contributed by atoms with E-state index >= 15 is 0 Å². The summed E-state index contributed by atoms with van der Waals surface area (Å²) in [5, 5.41) is 0.762. The molecule has 1 atom stereocenters. The van der Waals surface area contributed by atoms with E-state index in [-0.39, 0.29) is 0 Å². The lowest BCUT2D eigenvalue weighted by molar-refractivity contribution is 0.171. The van der Waals surface area contributed by atoms with Crippen molar-refractivity contribution in [3.05, 3.63) is 22.7 Å². The molecule has 4 heteroatoms. The summed E-state index contributed by atoms with van der Waals surface area (Å²) in [6, 6.07) is 3.87. The molecule has 0 spiro atoms. The van der Waals surface area contributed by atoms with Crippen molar-refractivity contribution in [2.24, 2.45) is 5.92 Å². The molecule has 0 bridgehead atoms. The molecule has 1 aromatic rings. The van der Waals surface area contributed by atoms with Crippen LogP contribution in [-0.2, 0) is 0 Å². The minimum absolute atomic E-state index is 0.343. The summed E-state index contributed by atoms with van der Waals surface area (Å²) in [6.45, 7) is 1.22. The Morgan fingerprint density at radius 1 is 1.19 bits per heavy atom. The van der Waals surface area contributed by atoms with Gasteiger partial charge in [0.25, 0.3) is 0 Å². The van der Waals surface area contributed by atoms with Crippen molar-refractivity contribution >= 4 is 27.5 Å². The highest BCUT2D eigenvalue weighted by Gasteiger charge is 2.32. The summed E-state index contributed by atoms with van der Waals surface area (Å²) in [6.07, 6.45) is 2.56. The molecule has 1 aliphatic heterocycles. The molecule has 0 aromatic heterocycles. The van der Waals surface area contributed by atoms with Crippen LogP contribution in [0.2, 0.25) is 5.02 Å². The molecule has 2 nitrogen and oxygen atoms in total. The van der Waals surface area contributed by atoms with Gasteiger partial charge in [0, 0.05) is 15.9 Å². The lowest BCUT2D eigenvalue weighted by atomic mass is 10.1. The fourth-order valence-corrected chi connectivity index (χ4v) is 3.24. The monoisotopic (exact) mass is 302 g/mol. The van der Waals surface area contributed by atoms with Gasteiger partial charge >= 0.3 is 0 Å². The molecule has 1 fully saturated rings. The Hall–Kier alpha value is -0.410. The smallest absolute Gasteiger partial charge is 0.162 e. The lowest BCUT2D eigenvalue weighted by Crippen LogP contribution is -2.15. The van der Waals surface area contributed by atoms with Gasteiger partial charge in [0.15, 0.2) is 11.5 Å². The van der Waals surface area contributed by atoms with Gasteiger partial charge < -0.3 is 9.47 Å². The molecular weight excluding hydrogens is 291 g/mol. The Morgan fingerprint density at radius 2 is 1.81 bits per heavy atom. The lowest BCUT2D eigenvalue weighted by Gasteiger charge is -2.21. The van der Waals surface area contributed by atoms with E-state index in [1.807, 2.05) is 12.1 Å². The van der Waals surface area contributed by atoms with Crippen LogP contribution in [0.15, 0.2) is 12.1 Å². The Kier molecular flexibility index (Phi) is 2.76. The van der Waals surface area contributed by atoms with Crippen LogP contribution in [0.4, 0.5) is 0 Å². The van der Waals surface area contributed by atoms with Crippen LogP contribution in [0.25, 0.3) is 0 Å². The standard InChI is InChI=1S/C12H12BrClO2/c13-12(7-1-2-7)8-5-10-11(6-9(8)14)16-4-3-15-10/h5-7,12H,1-4H2. The molecule has 2 aliphatic rings. The van der Waals surface area contributed by atoms with E-state index in [2.05, 4.69) is 15.9 Å². The fourth-order valence-electron chi connectivity index (χ4n) is 1.93. The molecule has 1 heterocycles. The minimum Gasteiger partial charge on any atom is -0.486 e. The molecule has 1 aromatic carbocycles. The zero-order chi connectivity index (χ0) is 11.1. The first kappa shape index (κ1) is 10.7. The zero-order valence-corrected chi connectivity index (χ0v) is 11.1. The highest BCUT2D eigenvalue weighted by Crippen LogP contribution is 2.50. The van der Waals surface area contributed by atoms with Gasteiger partial charge in [-0.05, 0) is 30.4 Å². The van der Waals surface area contributed by atoms with Crippen LogP contribution < -0.4 is 9.47 Å². The molecular formula is C12H12BrClO2. The average Bonchev–Trinajstić information content (AvgIpc) is 3.11. The van der Waals surface area contributed by atoms with Crippen LogP contribution in [0, 0.1) is 5.92 Å². The highest BCUT2D eigenvalue weighted by molar-refractivity contribution is 9.09. The van der Waals surface area contributed by atoms with Crippen molar-refractivity contribution in [3.8, 4) is 11.5 Å². The quantitative estimate of drug-likeness (QED) is 0.770. The van der Waals surface area contributed by atoms with E-state index in [9.17, 15) is 0 Å². The Morgan fingerprint density at radius 3 is 2.44 bits per heavy atom. The first-order chi connectivity index (χ1) is 7.75. The van der Waals surface area contributed by atoms with E-state index in [0.29, 0.717) is 18.0 Å². The van der Waals surface area contributed by atoms with E-state index in [1.54, 1.807) is 0 Å². The molecule has 0 N–H and O–H groups in total. The normalized spacial score (nSPS) is 20.6. The van der Waals surface area contributed by atoms with Crippen LogP contribution in [0.5, 0.6) is 11.5 Å². The summed E-state index contributed by atoms with van der Waals surface area (Å²) < 4.78 is 11.1. The van der Waals surface area contributed by atoms with Crippen molar-refractivity contribution in [2.45, 2.75) is 17.7 Å². The molecule has 3 rings (SSSR count). The van der Waals surface area contributed by atoms with Crippen molar-refractivity contribution in [3.63, 3.8) is 0 Å². The maximum Gasteiger partial charge on any atom is 0.162 e. The predicted octanol–water partition coefficient (Wildman–Crippen LogP) is 3.96. The molecule has 0 amide bonds. The van der Waals surface area contributed by atoms with Crippen molar-refractivity contribution in [1.82, 2.24) is 0 Å². The van der Waals surface area contributed by atoms with E-state index in [4.69, 9.17) is 21.1 Å². The van der Waals surface area contributed by atoms with Crippen molar-refractivity contribution in [1.29, 1.82) is 0 Å². The van der Waals surface area contributed by atoms with Crippen LogP contribution >= 0.6 is 27.5 Å². The molecule has 86 valence electrons. The van der Waals surface area contributed by atoms with Gasteiger partial charge in [0.2, 0.25) is 0 Å². The molecule has 1 aliphatic carbocycles. The summed E-state index contributed by atoms with van der Waals surface area (Å²) >= 11 is 9.97. The van der Waals surface area contributed by atoms with Gasteiger partial charge in [-0.25, -0.2) is 0 Å². The van der Waals surface area contributed by atoms with Gasteiger partial charge in [-0.1, -0.05) is 27.5 Å². The van der Waals surface area contributed by atoms with Crippen LogP contribution in [0.1, 0.15) is 23.2 Å². The second-order valence-corrected chi connectivity index (χ2v) is 5.65. The summed E-state index contributed by atoms with van der Waals surface area (Å²) in [5.41, 5.74) is 1.12. The van der Waals surface area contributed by atoms with Gasteiger partial charge in [-0.15, -0.1) is 0 Å². The third kappa shape index (κ3) is 1.91. The highest BCUT2D eigenvalue weighted by atomic mass is 79.9. The third-order valence-electron chi connectivity index (χ3n) is 2.99. The number of hydrogen-bond donors (Lipinski definition) is 0. The number of benzene rings is 1. The zero-order valence-electron chi connectivity index (χ0n) is 8.71. The summed E-state index contributed by atoms with van der Waals surface area (Å²) in [5.74, 6) is 2.30. The second kappa shape index (κ2) is 4.11. The van der Waals surface area contributed by atoms with Gasteiger partial charge in [0.1, 0.15) is 13.2 Å². The summed E-state index contributed by atoms with van der Waals surface area (Å²) in [7, 11) is 0. The van der Waals surface area contributed by atoms with Crippen molar-refractivity contribution < 1.29 is 9.47 Å². The van der Waals surface area contributed by atoms with E-state index < -0.39 is 0 Å². The molecule has 16 heavy (non-hydrogen) atoms. The number of hydrogen-bond acceptors (Lipinski definition) is 2. The topological polar surface area (TPSA) is 18.5 Å². The number of alkyl halides is 1. The second-order valence-electron chi connectivity index (χ2n) is 4.26. The first-order valence-electron chi connectivity index (χ1n) is 5.49. The van der Waals surface area contributed by atoms with E-state index in [1.165, 1.54) is 12.8 Å². The van der Waals surface area contributed by atoms with Gasteiger partial charge in [-0.3, -0.25) is 0 Å². The van der Waals surface area contributed by atoms with Crippen LogP contribution in [0.3, 0.4) is 0 Å². The Labute approximate surface area is 108 Å². The maximum absolute atomic E-state index is 6.26. The molecule has 1 saturated carbocycles. The van der Waals surface area contributed by atoms with Crippen LogP contribution in [-0.4, -0.2) is 13.2 Å². The minimum atomic E-state index is 0.343. The maximum atomic E-state index is 6.26. The predicted molar refractivity (Wildman–Crippen MR) is 66.8 cm³/mol. The number of fused-ring (bicyclic) bond motifs is 1. The van der Waals surface area contributed by atoms with Gasteiger partial charge in [-0.2, -0.15) is 0 Å². The van der Waals surface area contributed by atoms with E-state index in [0.717, 1.165) is 28.0 Å². The summed E-state index contributed by atoms with van der Waals surface area (Å²) in [4.78, 5) is 0.343. The Bertz CT molecular complexity index is 418. The fraction of sp³-hybridized carbons (Fsp3) is 0.500. The molecule has 0 saturated heterocycles. The number of ether oxygens (including phenoxy) is 2. The number of halogens is 2. The third-order valence-corrected chi connectivity index (χ3v) is 4.56. The number of rotatable bonds is 2. The SMILES string of the molecule is Clc1cc2c(cc1C(Br)C1CC1)OCCO2. The van der Waals surface area contributed by atoms with Crippen molar-refractivity contribution in [2.75, 3.05) is 13.2 Å². The average molecular weight is 304 g/mol. The largest absolute Gasteiger partial charge is 0.486 e. The molecule has 0 radical (unpaired) electrons. The first-order valence-corrected chi connectivity index (χ1v) is 6.78. The van der Waals surface area contributed by atoms with Gasteiger partial charge in [0.05, 0.1) is 0 Å².